The predicted molar refractivity (Wildman–Crippen MR) is 189 cm³/mol. The summed E-state index contributed by atoms with van der Waals surface area (Å²) in [4.78, 5) is 34.4. The molecular weight excluding hydrogens is 602 g/mol. The van der Waals surface area contributed by atoms with Gasteiger partial charge in [-0.05, 0) is 85.6 Å². The van der Waals surface area contributed by atoms with Gasteiger partial charge >= 0.3 is 5.97 Å². The van der Waals surface area contributed by atoms with E-state index in [-0.39, 0.29) is 24.1 Å². The molecule has 0 aliphatic carbocycles. The molecule has 0 atom stereocenters. The highest BCUT2D eigenvalue weighted by Crippen LogP contribution is 2.27. The van der Waals surface area contributed by atoms with Crippen LogP contribution in [0.2, 0.25) is 0 Å². The molecule has 9 nitrogen and oxygen atoms in total. The van der Waals surface area contributed by atoms with E-state index in [9.17, 15) is 14.7 Å². The summed E-state index contributed by atoms with van der Waals surface area (Å²) in [6.45, 7) is 6.18. The summed E-state index contributed by atoms with van der Waals surface area (Å²) in [5.74, 6) is 0.696. The van der Waals surface area contributed by atoms with Crippen LogP contribution >= 0.6 is 0 Å². The first-order valence-corrected chi connectivity index (χ1v) is 16.1. The van der Waals surface area contributed by atoms with Gasteiger partial charge in [0.2, 0.25) is 0 Å². The molecule has 4 aromatic carbocycles. The van der Waals surface area contributed by atoms with Gasteiger partial charge in [0, 0.05) is 43.7 Å². The first-order valence-electron chi connectivity index (χ1n) is 16.1. The minimum absolute atomic E-state index is 0.0595. The third-order valence-electron chi connectivity index (χ3n) is 8.67. The maximum Gasteiger partial charge on any atom is 0.335 e. The zero-order chi connectivity index (χ0) is 33.6. The maximum absolute atomic E-state index is 14.2. The Bertz CT molecular complexity index is 1940. The van der Waals surface area contributed by atoms with Gasteiger partial charge in [0.25, 0.3) is 5.91 Å². The molecule has 0 saturated carbocycles. The number of anilines is 1. The number of aryl methyl sites for hydroxylation is 1. The van der Waals surface area contributed by atoms with Crippen LogP contribution in [0.5, 0.6) is 5.75 Å². The summed E-state index contributed by atoms with van der Waals surface area (Å²) < 4.78 is 8.41. The number of allylic oxidation sites excluding steroid dienone is 1. The maximum atomic E-state index is 14.2. The third kappa shape index (κ3) is 7.47. The first-order chi connectivity index (χ1) is 23.2. The van der Waals surface area contributed by atoms with Crippen molar-refractivity contribution in [2.24, 2.45) is 0 Å². The Morgan fingerprint density at radius 2 is 1.65 bits per heavy atom. The van der Waals surface area contributed by atoms with Crippen LogP contribution in [-0.2, 0) is 13.1 Å². The number of likely N-dealkylation sites (tertiary alicyclic amines) is 1. The minimum Gasteiger partial charge on any atom is -0.490 e. The molecule has 0 bridgehead atoms. The van der Waals surface area contributed by atoms with Crippen molar-refractivity contribution in [2.45, 2.75) is 45.9 Å². The van der Waals surface area contributed by atoms with Gasteiger partial charge in [0.1, 0.15) is 17.7 Å². The standard InChI is InChI=1S/C39H39N5O4/c1-27-10-19-36-35(25-27)41-37(43(36)22-6-9-29-7-4-3-5-8-29)26-44(38(45)30-11-13-31(14-12-30)39(46)47)32-15-17-33(18-16-32)48-34-20-23-42(24-21-34)28(2)40/h3-19,25,34,40H,20-24,26H2,1-2H3,(H,46,47). The number of carbonyl (C=O) groups excluding carboxylic acids is 1. The number of piperidine rings is 1. The number of carboxylic acids is 1. The zero-order valence-electron chi connectivity index (χ0n) is 27.2. The predicted octanol–water partition coefficient (Wildman–Crippen LogP) is 7.44. The number of aromatic carboxylic acids is 1. The van der Waals surface area contributed by atoms with Crippen molar-refractivity contribution in [1.82, 2.24) is 14.5 Å². The van der Waals surface area contributed by atoms with Crippen molar-refractivity contribution in [3.05, 3.63) is 131 Å². The number of hydrogen-bond donors (Lipinski definition) is 2. The second kappa shape index (κ2) is 14.4. The number of amidine groups is 1. The van der Waals surface area contributed by atoms with Crippen molar-refractivity contribution >= 4 is 40.5 Å². The summed E-state index contributed by atoms with van der Waals surface area (Å²) in [6, 6.07) is 29.8. The topological polar surface area (TPSA) is 112 Å². The van der Waals surface area contributed by atoms with Crippen LogP contribution in [0.3, 0.4) is 0 Å². The van der Waals surface area contributed by atoms with Crippen molar-refractivity contribution in [3.8, 4) is 5.75 Å². The number of aromatic nitrogens is 2. The summed E-state index contributed by atoms with van der Waals surface area (Å²) in [7, 11) is 0. The second-order valence-corrected chi connectivity index (χ2v) is 12.1. The molecule has 2 heterocycles. The van der Waals surface area contributed by atoms with Gasteiger partial charge in [-0.25, -0.2) is 9.78 Å². The molecule has 1 fully saturated rings. The number of nitrogens with zero attached hydrogens (tertiary/aromatic N) is 4. The molecule has 1 aromatic heterocycles. The van der Waals surface area contributed by atoms with E-state index in [1.807, 2.05) is 62.4 Å². The number of carboxylic acid groups (broad SMARTS) is 1. The van der Waals surface area contributed by atoms with Crippen LogP contribution in [0.15, 0.2) is 103 Å². The van der Waals surface area contributed by atoms with Crippen LogP contribution in [0.1, 0.15) is 57.4 Å². The Kier molecular flexibility index (Phi) is 9.66. The number of fused-ring (bicyclic) bond motifs is 1. The molecule has 0 spiro atoms. The summed E-state index contributed by atoms with van der Waals surface area (Å²) >= 11 is 0. The van der Waals surface area contributed by atoms with E-state index in [1.165, 1.54) is 12.1 Å². The summed E-state index contributed by atoms with van der Waals surface area (Å²) in [5, 5.41) is 17.3. The van der Waals surface area contributed by atoms with Crippen molar-refractivity contribution in [2.75, 3.05) is 18.0 Å². The molecule has 5 aromatic rings. The second-order valence-electron chi connectivity index (χ2n) is 12.1. The third-order valence-corrected chi connectivity index (χ3v) is 8.67. The number of rotatable bonds is 10. The molecule has 2 N–H and O–H groups in total. The van der Waals surface area contributed by atoms with Crippen LogP contribution < -0.4 is 9.64 Å². The molecule has 1 aliphatic rings. The van der Waals surface area contributed by atoms with Crippen LogP contribution in [0.4, 0.5) is 5.69 Å². The van der Waals surface area contributed by atoms with E-state index in [4.69, 9.17) is 15.1 Å². The van der Waals surface area contributed by atoms with E-state index in [0.29, 0.717) is 23.6 Å². The number of amides is 1. The fraction of sp³-hybridized carbons (Fsp3) is 0.231. The highest BCUT2D eigenvalue weighted by atomic mass is 16.5. The first kappa shape index (κ1) is 32.2. The average molecular weight is 642 g/mol. The van der Waals surface area contributed by atoms with Gasteiger partial charge in [-0.1, -0.05) is 48.6 Å². The van der Waals surface area contributed by atoms with Gasteiger partial charge < -0.3 is 24.2 Å². The van der Waals surface area contributed by atoms with Crippen LogP contribution in [0.25, 0.3) is 17.1 Å². The monoisotopic (exact) mass is 641 g/mol. The lowest BCUT2D eigenvalue weighted by Crippen LogP contribution is -2.40. The van der Waals surface area contributed by atoms with Gasteiger partial charge in [0.15, 0.2) is 0 Å². The van der Waals surface area contributed by atoms with E-state index in [2.05, 4.69) is 45.9 Å². The quantitative estimate of drug-likeness (QED) is 0.121. The SMILES string of the molecule is CC(=N)N1CCC(Oc2ccc(N(Cc3nc4cc(C)ccc4n3CC=Cc3ccccc3)C(=O)c3ccc(C(=O)O)cc3)cc2)CC1. The molecule has 0 unspecified atom stereocenters. The number of hydrogen-bond acceptors (Lipinski definition) is 5. The lowest BCUT2D eigenvalue weighted by molar-refractivity contribution is 0.0696. The highest BCUT2D eigenvalue weighted by molar-refractivity contribution is 6.06. The Labute approximate surface area is 280 Å². The Hall–Kier alpha value is -5.70. The van der Waals surface area contributed by atoms with Gasteiger partial charge in [-0.15, -0.1) is 0 Å². The lowest BCUT2D eigenvalue weighted by Gasteiger charge is -2.32. The van der Waals surface area contributed by atoms with E-state index in [1.54, 1.807) is 17.0 Å². The summed E-state index contributed by atoms with van der Waals surface area (Å²) in [5.41, 5.74) is 5.17. The van der Waals surface area contributed by atoms with E-state index in [0.717, 1.165) is 59.7 Å². The Balaban J connectivity index is 1.31. The van der Waals surface area contributed by atoms with Gasteiger partial charge in [-0.3, -0.25) is 10.2 Å². The number of carbonyl (C=O) groups is 2. The fourth-order valence-corrected chi connectivity index (χ4v) is 6.01. The molecular formula is C39H39N5O4. The molecule has 1 aliphatic heterocycles. The minimum atomic E-state index is -1.05. The zero-order valence-corrected chi connectivity index (χ0v) is 27.2. The highest BCUT2D eigenvalue weighted by Gasteiger charge is 2.24. The smallest absolute Gasteiger partial charge is 0.335 e. The number of ether oxygens (including phenoxy) is 1. The van der Waals surface area contributed by atoms with E-state index < -0.39 is 5.97 Å². The normalized spacial score (nSPS) is 13.6. The molecule has 9 heteroatoms. The van der Waals surface area contributed by atoms with Crippen molar-refractivity contribution in [1.29, 1.82) is 5.41 Å². The lowest BCUT2D eigenvalue weighted by atomic mass is 10.1. The molecule has 0 radical (unpaired) electrons. The van der Waals surface area contributed by atoms with Crippen LogP contribution in [0, 0.1) is 12.3 Å². The van der Waals surface area contributed by atoms with Gasteiger partial charge in [0.05, 0.1) is 29.0 Å². The Morgan fingerprint density at radius 3 is 2.31 bits per heavy atom. The number of nitrogens with one attached hydrogen (secondary N) is 1. The number of benzene rings is 4. The van der Waals surface area contributed by atoms with Crippen molar-refractivity contribution < 1.29 is 19.4 Å². The molecule has 1 amide bonds. The fourth-order valence-electron chi connectivity index (χ4n) is 6.01. The largest absolute Gasteiger partial charge is 0.490 e. The van der Waals surface area contributed by atoms with Crippen molar-refractivity contribution in [3.63, 3.8) is 0 Å². The Morgan fingerprint density at radius 1 is 0.958 bits per heavy atom. The average Bonchev–Trinajstić information content (AvgIpc) is 3.43. The molecule has 48 heavy (non-hydrogen) atoms. The molecule has 6 rings (SSSR count). The molecule has 1 saturated heterocycles. The van der Waals surface area contributed by atoms with Gasteiger partial charge in [-0.2, -0.15) is 0 Å². The molecule has 244 valence electrons. The number of imidazole rings is 1. The summed E-state index contributed by atoms with van der Waals surface area (Å²) in [6.07, 6.45) is 5.90. The van der Waals surface area contributed by atoms with E-state index >= 15 is 0 Å². The van der Waals surface area contributed by atoms with Crippen LogP contribution in [-0.4, -0.2) is 56.5 Å².